The average Bonchev–Trinajstić information content (AvgIpc) is 2.36. The predicted molar refractivity (Wildman–Crippen MR) is 64.8 cm³/mol. The van der Waals surface area contributed by atoms with Crippen molar-refractivity contribution in [2.24, 2.45) is 0 Å². The van der Waals surface area contributed by atoms with Crippen molar-refractivity contribution in [1.82, 2.24) is 0 Å². The van der Waals surface area contributed by atoms with Gasteiger partial charge in [0.2, 0.25) is 0 Å². The molecule has 0 fully saturated rings. The second-order valence-electron chi connectivity index (χ2n) is 3.34. The van der Waals surface area contributed by atoms with Crippen LogP contribution in [0, 0.1) is 0 Å². The zero-order valence-electron chi connectivity index (χ0n) is 9.32. The van der Waals surface area contributed by atoms with Crippen LogP contribution in [-0.4, -0.2) is 26.4 Å². The summed E-state index contributed by atoms with van der Waals surface area (Å²) in [5, 5.41) is 34.4. The summed E-state index contributed by atoms with van der Waals surface area (Å²) in [6.07, 6.45) is 0. The quantitative estimate of drug-likeness (QED) is 0.458. The number of carboxylic acids is 1. The Labute approximate surface area is 103 Å². The van der Waals surface area contributed by atoms with Crippen molar-refractivity contribution in [3.05, 3.63) is 54.1 Å². The Balaban J connectivity index is 0.000000180. The summed E-state index contributed by atoms with van der Waals surface area (Å²) in [5.41, 5.74) is 0.331. The summed E-state index contributed by atoms with van der Waals surface area (Å²) in [5.74, 6) is -1.48. The molecule has 0 aliphatic carbocycles. The van der Waals surface area contributed by atoms with Crippen LogP contribution in [0.15, 0.2) is 48.5 Å². The first-order valence-electron chi connectivity index (χ1n) is 5.00. The third-order valence-corrected chi connectivity index (χ3v) is 1.98. The van der Waals surface area contributed by atoms with Crippen molar-refractivity contribution >= 4 is 5.97 Å². The Morgan fingerprint density at radius 1 is 0.833 bits per heavy atom. The highest BCUT2D eigenvalue weighted by Crippen LogP contribution is 2.27. The van der Waals surface area contributed by atoms with Crippen LogP contribution in [0.2, 0.25) is 0 Å². The SMILES string of the molecule is O=C(O)c1ccccc1.Oc1ccc(O)c(O)c1. The topological polar surface area (TPSA) is 98.0 Å². The number of rotatable bonds is 1. The number of hydrogen-bond acceptors (Lipinski definition) is 4. The lowest BCUT2D eigenvalue weighted by Crippen LogP contribution is -1.93. The minimum atomic E-state index is -0.879. The van der Waals surface area contributed by atoms with Gasteiger partial charge in [0, 0.05) is 6.07 Å². The molecule has 0 heterocycles. The number of phenols is 3. The molecule has 0 aromatic heterocycles. The predicted octanol–water partition coefficient (Wildman–Crippen LogP) is 2.19. The Morgan fingerprint density at radius 3 is 1.83 bits per heavy atom. The molecule has 0 radical (unpaired) electrons. The van der Waals surface area contributed by atoms with Gasteiger partial charge >= 0.3 is 5.97 Å². The van der Waals surface area contributed by atoms with Gasteiger partial charge in [0.15, 0.2) is 11.5 Å². The van der Waals surface area contributed by atoms with Crippen LogP contribution in [0.25, 0.3) is 0 Å². The van der Waals surface area contributed by atoms with Crippen molar-refractivity contribution in [1.29, 1.82) is 0 Å². The molecule has 0 unspecified atom stereocenters. The largest absolute Gasteiger partial charge is 0.508 e. The van der Waals surface area contributed by atoms with E-state index < -0.39 is 5.97 Å². The van der Waals surface area contributed by atoms with Crippen LogP contribution >= 0.6 is 0 Å². The van der Waals surface area contributed by atoms with Gasteiger partial charge in [-0.2, -0.15) is 0 Å². The maximum atomic E-state index is 10.2. The monoisotopic (exact) mass is 248 g/mol. The molecule has 5 heteroatoms. The first kappa shape index (κ1) is 13.4. The van der Waals surface area contributed by atoms with Gasteiger partial charge in [0.05, 0.1) is 5.56 Å². The van der Waals surface area contributed by atoms with E-state index in [0.717, 1.165) is 6.07 Å². The molecule has 0 amide bonds. The summed E-state index contributed by atoms with van der Waals surface area (Å²) in [6.45, 7) is 0. The van der Waals surface area contributed by atoms with Crippen LogP contribution < -0.4 is 0 Å². The number of hydrogen-bond donors (Lipinski definition) is 4. The van der Waals surface area contributed by atoms with Crippen molar-refractivity contribution < 1.29 is 25.2 Å². The van der Waals surface area contributed by atoms with E-state index in [2.05, 4.69) is 0 Å². The number of carboxylic acid groups (broad SMARTS) is 1. The normalized spacial score (nSPS) is 9.11. The molecular weight excluding hydrogens is 236 g/mol. The molecule has 0 aliphatic heterocycles. The molecule has 18 heavy (non-hydrogen) atoms. The summed E-state index contributed by atoms with van der Waals surface area (Å²) in [6, 6.07) is 11.9. The maximum Gasteiger partial charge on any atom is 0.335 e. The molecular formula is C13H12O5. The van der Waals surface area contributed by atoms with Crippen molar-refractivity contribution in [2.75, 3.05) is 0 Å². The molecule has 0 saturated heterocycles. The zero-order chi connectivity index (χ0) is 13.5. The standard InChI is InChI=1S/C7H6O2.C6H6O3/c8-7(9)6-4-2-1-3-5-6;7-4-1-2-5(8)6(9)3-4/h1-5H,(H,8,9);1-3,7-9H. The second-order valence-corrected chi connectivity index (χ2v) is 3.34. The fourth-order valence-electron chi connectivity index (χ4n) is 1.09. The van der Waals surface area contributed by atoms with E-state index in [-0.39, 0.29) is 17.2 Å². The summed E-state index contributed by atoms with van der Waals surface area (Å²) < 4.78 is 0. The number of phenolic OH excluding ortho intramolecular Hbond substituents is 3. The van der Waals surface area contributed by atoms with Crippen molar-refractivity contribution in [3.8, 4) is 17.2 Å². The lowest BCUT2D eigenvalue weighted by Gasteiger charge is -1.95. The fraction of sp³-hybridized carbons (Fsp3) is 0. The number of aromatic carboxylic acids is 1. The molecule has 2 aromatic carbocycles. The minimum Gasteiger partial charge on any atom is -0.508 e. The maximum absolute atomic E-state index is 10.2. The van der Waals surface area contributed by atoms with E-state index in [4.69, 9.17) is 20.4 Å². The van der Waals surface area contributed by atoms with Crippen molar-refractivity contribution in [2.45, 2.75) is 0 Å². The van der Waals surface area contributed by atoms with Gasteiger partial charge in [-0.05, 0) is 24.3 Å². The molecule has 5 nitrogen and oxygen atoms in total. The number of aromatic hydroxyl groups is 3. The summed E-state index contributed by atoms with van der Waals surface area (Å²) >= 11 is 0. The molecule has 0 saturated carbocycles. The molecule has 2 aromatic rings. The smallest absolute Gasteiger partial charge is 0.335 e. The highest BCUT2D eigenvalue weighted by atomic mass is 16.4. The van der Waals surface area contributed by atoms with Gasteiger partial charge in [-0.25, -0.2) is 4.79 Å². The van der Waals surface area contributed by atoms with Gasteiger partial charge < -0.3 is 20.4 Å². The highest BCUT2D eigenvalue weighted by Gasteiger charge is 1.97. The van der Waals surface area contributed by atoms with Crippen LogP contribution in [0.4, 0.5) is 0 Å². The van der Waals surface area contributed by atoms with Crippen LogP contribution in [0.5, 0.6) is 17.2 Å². The van der Waals surface area contributed by atoms with E-state index >= 15 is 0 Å². The van der Waals surface area contributed by atoms with E-state index in [1.54, 1.807) is 30.3 Å². The van der Waals surface area contributed by atoms with Crippen molar-refractivity contribution in [3.63, 3.8) is 0 Å². The Bertz CT molecular complexity index is 522. The Kier molecular flexibility index (Phi) is 4.57. The third kappa shape index (κ3) is 4.05. The molecule has 0 aliphatic rings. The first-order chi connectivity index (χ1) is 8.50. The molecule has 0 spiro atoms. The molecule has 0 atom stereocenters. The minimum absolute atomic E-state index is 0.0645. The summed E-state index contributed by atoms with van der Waals surface area (Å²) in [4.78, 5) is 10.2. The van der Waals surface area contributed by atoms with Crippen LogP contribution in [0.3, 0.4) is 0 Å². The van der Waals surface area contributed by atoms with Gasteiger partial charge in [-0.15, -0.1) is 0 Å². The molecule has 94 valence electrons. The average molecular weight is 248 g/mol. The van der Waals surface area contributed by atoms with Gasteiger partial charge in [0.1, 0.15) is 5.75 Å². The van der Waals surface area contributed by atoms with E-state index in [1.807, 2.05) is 0 Å². The van der Waals surface area contributed by atoms with E-state index in [0.29, 0.717) is 5.56 Å². The van der Waals surface area contributed by atoms with Crippen LogP contribution in [0.1, 0.15) is 10.4 Å². The van der Waals surface area contributed by atoms with E-state index in [1.165, 1.54) is 12.1 Å². The highest BCUT2D eigenvalue weighted by molar-refractivity contribution is 5.87. The molecule has 2 rings (SSSR count). The second kappa shape index (κ2) is 6.15. The van der Waals surface area contributed by atoms with Gasteiger partial charge in [-0.1, -0.05) is 18.2 Å². The lowest BCUT2D eigenvalue weighted by atomic mass is 10.2. The first-order valence-corrected chi connectivity index (χ1v) is 5.00. The molecule has 4 N–H and O–H groups in total. The fourth-order valence-corrected chi connectivity index (χ4v) is 1.09. The number of benzene rings is 2. The van der Waals surface area contributed by atoms with Gasteiger partial charge in [0.25, 0.3) is 0 Å². The van der Waals surface area contributed by atoms with Crippen LogP contribution in [-0.2, 0) is 0 Å². The molecule has 0 bridgehead atoms. The lowest BCUT2D eigenvalue weighted by molar-refractivity contribution is 0.0697. The van der Waals surface area contributed by atoms with E-state index in [9.17, 15) is 4.79 Å². The van der Waals surface area contributed by atoms with Gasteiger partial charge in [-0.3, -0.25) is 0 Å². The Morgan fingerprint density at radius 2 is 1.44 bits per heavy atom. The number of carbonyl (C=O) groups is 1. The zero-order valence-corrected chi connectivity index (χ0v) is 9.32. The third-order valence-electron chi connectivity index (χ3n) is 1.98. The Hall–Kier alpha value is -2.69. The summed E-state index contributed by atoms with van der Waals surface area (Å²) in [7, 11) is 0.